The average molecular weight is 303 g/mol. The van der Waals surface area contributed by atoms with Gasteiger partial charge in [-0.1, -0.05) is 66.7 Å². The quantitative estimate of drug-likeness (QED) is 0.371. The normalized spacial score (nSPS) is 11.3. The average Bonchev–Trinajstić information content (AvgIpc) is 2.99. The van der Waals surface area contributed by atoms with E-state index in [0.29, 0.717) is 5.56 Å². The first-order chi connectivity index (χ1) is 11.9. The van der Waals surface area contributed by atoms with Crippen LogP contribution >= 0.6 is 0 Å². The van der Waals surface area contributed by atoms with E-state index in [2.05, 4.69) is 60.7 Å². The van der Waals surface area contributed by atoms with Gasteiger partial charge in [-0.25, -0.2) is 0 Å². The second kappa shape index (κ2) is 4.81. The molecule has 1 heteroatoms. The van der Waals surface area contributed by atoms with E-state index in [0.717, 1.165) is 5.56 Å². The van der Waals surface area contributed by atoms with Gasteiger partial charge in [0, 0.05) is 0 Å². The van der Waals surface area contributed by atoms with Crippen molar-refractivity contribution in [3.8, 4) is 39.4 Å². The van der Waals surface area contributed by atoms with Gasteiger partial charge in [0.2, 0.25) is 0 Å². The summed E-state index contributed by atoms with van der Waals surface area (Å²) in [6, 6.07) is 29.6. The van der Waals surface area contributed by atoms with E-state index >= 15 is 0 Å². The molecule has 0 aromatic heterocycles. The predicted molar refractivity (Wildman–Crippen MR) is 98.5 cm³/mol. The molecule has 1 aliphatic rings. The van der Waals surface area contributed by atoms with Gasteiger partial charge in [-0.3, -0.25) is 0 Å². The van der Waals surface area contributed by atoms with E-state index < -0.39 is 0 Å². The monoisotopic (exact) mass is 303 g/mol. The third-order valence-electron chi connectivity index (χ3n) is 4.87. The van der Waals surface area contributed by atoms with Crippen LogP contribution in [-0.4, -0.2) is 0 Å². The van der Waals surface area contributed by atoms with Gasteiger partial charge >= 0.3 is 0 Å². The maximum Gasteiger partial charge on any atom is 0.0991 e. The van der Waals surface area contributed by atoms with Crippen LogP contribution in [0.25, 0.3) is 44.2 Å². The molecule has 1 aliphatic carbocycles. The molecule has 0 atom stereocenters. The topological polar surface area (TPSA) is 23.8 Å². The fourth-order valence-corrected chi connectivity index (χ4v) is 3.78. The Morgan fingerprint density at radius 1 is 0.542 bits per heavy atom. The maximum absolute atomic E-state index is 9.00. The first-order valence-corrected chi connectivity index (χ1v) is 8.03. The second-order valence-electron chi connectivity index (χ2n) is 6.12. The van der Waals surface area contributed by atoms with Crippen molar-refractivity contribution < 1.29 is 0 Å². The molecule has 0 bridgehead atoms. The Labute approximate surface area is 140 Å². The molecule has 4 aromatic rings. The standard InChI is InChI=1S/C23H13N/c24-14-15-8-10-16(11-9-15)17-12-13-22-19-5-2-1-4-18(19)21-7-3-6-20(17)23(21)22/h1-13H. The first kappa shape index (κ1) is 13.1. The molecule has 0 saturated heterocycles. The van der Waals surface area contributed by atoms with Crippen LogP contribution in [0, 0.1) is 11.3 Å². The zero-order valence-corrected chi connectivity index (χ0v) is 13.0. The predicted octanol–water partition coefficient (Wildman–Crippen LogP) is 6.03. The van der Waals surface area contributed by atoms with E-state index in [9.17, 15) is 0 Å². The Hall–Kier alpha value is -3.37. The number of hydrogen-bond acceptors (Lipinski definition) is 1. The lowest BCUT2D eigenvalue weighted by atomic mass is 9.94. The Bertz CT molecular complexity index is 1120. The molecule has 0 aliphatic heterocycles. The molecule has 5 rings (SSSR count). The van der Waals surface area contributed by atoms with E-state index in [4.69, 9.17) is 5.26 Å². The van der Waals surface area contributed by atoms with E-state index in [-0.39, 0.29) is 0 Å². The van der Waals surface area contributed by atoms with Gasteiger partial charge in [0.1, 0.15) is 0 Å². The largest absolute Gasteiger partial charge is 0.192 e. The molecule has 0 amide bonds. The van der Waals surface area contributed by atoms with Crippen LogP contribution in [-0.2, 0) is 0 Å². The van der Waals surface area contributed by atoms with E-state index in [1.165, 1.54) is 38.6 Å². The summed E-state index contributed by atoms with van der Waals surface area (Å²) in [4.78, 5) is 0. The summed E-state index contributed by atoms with van der Waals surface area (Å²) >= 11 is 0. The first-order valence-electron chi connectivity index (χ1n) is 8.03. The van der Waals surface area contributed by atoms with Gasteiger partial charge < -0.3 is 0 Å². The zero-order chi connectivity index (χ0) is 16.1. The molecule has 0 radical (unpaired) electrons. The van der Waals surface area contributed by atoms with Gasteiger partial charge in [0.15, 0.2) is 0 Å². The van der Waals surface area contributed by atoms with E-state index in [1.54, 1.807) is 0 Å². The van der Waals surface area contributed by atoms with Crippen LogP contribution in [0.4, 0.5) is 0 Å². The summed E-state index contributed by atoms with van der Waals surface area (Å²) in [5, 5.41) is 11.6. The van der Waals surface area contributed by atoms with Gasteiger partial charge in [-0.05, 0) is 56.3 Å². The van der Waals surface area contributed by atoms with Crippen molar-refractivity contribution in [1.29, 1.82) is 5.26 Å². The fourth-order valence-electron chi connectivity index (χ4n) is 3.78. The summed E-state index contributed by atoms with van der Waals surface area (Å²) < 4.78 is 0. The summed E-state index contributed by atoms with van der Waals surface area (Å²) in [7, 11) is 0. The van der Waals surface area contributed by atoms with Crippen molar-refractivity contribution in [2.24, 2.45) is 0 Å². The molecular weight excluding hydrogens is 290 g/mol. The third-order valence-corrected chi connectivity index (χ3v) is 4.87. The van der Waals surface area contributed by atoms with E-state index in [1.807, 2.05) is 24.3 Å². The summed E-state index contributed by atoms with van der Waals surface area (Å²) in [6.07, 6.45) is 0. The molecule has 24 heavy (non-hydrogen) atoms. The van der Waals surface area contributed by atoms with Crippen molar-refractivity contribution in [1.82, 2.24) is 0 Å². The van der Waals surface area contributed by atoms with Crippen LogP contribution < -0.4 is 0 Å². The molecule has 1 nitrogen and oxygen atoms in total. The molecule has 0 fully saturated rings. The zero-order valence-electron chi connectivity index (χ0n) is 13.0. The second-order valence-corrected chi connectivity index (χ2v) is 6.12. The maximum atomic E-state index is 9.00. The minimum atomic E-state index is 0.692. The van der Waals surface area contributed by atoms with Gasteiger partial charge in [-0.15, -0.1) is 0 Å². The molecule has 0 spiro atoms. The van der Waals surface area contributed by atoms with Gasteiger partial charge in [0.25, 0.3) is 0 Å². The highest BCUT2D eigenvalue weighted by Gasteiger charge is 2.21. The van der Waals surface area contributed by atoms with Crippen LogP contribution in [0.5, 0.6) is 0 Å². The molecule has 0 N–H and O–H groups in total. The van der Waals surface area contributed by atoms with Gasteiger partial charge in [-0.2, -0.15) is 5.26 Å². The van der Waals surface area contributed by atoms with Crippen LogP contribution in [0.15, 0.2) is 78.9 Å². The molecule has 0 saturated carbocycles. The number of benzene rings is 4. The van der Waals surface area contributed by atoms with Crippen molar-refractivity contribution in [2.75, 3.05) is 0 Å². The van der Waals surface area contributed by atoms with Crippen LogP contribution in [0.2, 0.25) is 0 Å². The SMILES string of the molecule is N#Cc1ccc(-c2ccc3c4c(cccc24)-c2ccccc2-3)cc1. The highest BCUT2D eigenvalue weighted by atomic mass is 14.3. The Morgan fingerprint density at radius 2 is 1.17 bits per heavy atom. The summed E-state index contributed by atoms with van der Waals surface area (Å²) in [6.45, 7) is 0. The van der Waals surface area contributed by atoms with Crippen molar-refractivity contribution in [3.63, 3.8) is 0 Å². The highest BCUT2D eigenvalue weighted by molar-refractivity contribution is 6.18. The summed E-state index contributed by atoms with van der Waals surface area (Å²) in [5.41, 5.74) is 8.31. The number of nitrogens with zero attached hydrogens (tertiary/aromatic N) is 1. The Morgan fingerprint density at radius 3 is 1.88 bits per heavy atom. The lowest BCUT2D eigenvalue weighted by Crippen LogP contribution is -1.84. The number of fused-ring (bicyclic) bond motifs is 3. The molecular formula is C23H13N. The lowest BCUT2D eigenvalue weighted by Gasteiger charge is -2.09. The van der Waals surface area contributed by atoms with Crippen molar-refractivity contribution in [2.45, 2.75) is 0 Å². The smallest absolute Gasteiger partial charge is 0.0991 e. The minimum absolute atomic E-state index is 0.692. The highest BCUT2D eigenvalue weighted by Crippen LogP contribution is 2.48. The summed E-state index contributed by atoms with van der Waals surface area (Å²) in [5.74, 6) is 0. The number of rotatable bonds is 1. The molecule has 0 unspecified atom stereocenters. The number of nitriles is 1. The van der Waals surface area contributed by atoms with Crippen molar-refractivity contribution in [3.05, 3.63) is 84.4 Å². The fraction of sp³-hybridized carbons (Fsp3) is 0. The molecule has 110 valence electrons. The van der Waals surface area contributed by atoms with Crippen molar-refractivity contribution >= 4 is 10.8 Å². The third kappa shape index (κ3) is 1.68. The van der Waals surface area contributed by atoms with Crippen LogP contribution in [0.3, 0.4) is 0 Å². The van der Waals surface area contributed by atoms with Crippen LogP contribution in [0.1, 0.15) is 5.56 Å². The molecule has 4 aromatic carbocycles. The lowest BCUT2D eigenvalue weighted by molar-refractivity contribution is 1.48. The Balaban J connectivity index is 1.83. The Kier molecular flexibility index (Phi) is 2.63. The minimum Gasteiger partial charge on any atom is -0.192 e. The molecule has 0 heterocycles. The van der Waals surface area contributed by atoms with Gasteiger partial charge in [0.05, 0.1) is 11.6 Å². The number of hydrogen-bond donors (Lipinski definition) is 0.